The quantitative estimate of drug-likeness (QED) is 0.943. The molecule has 0 fully saturated rings. The third-order valence-electron chi connectivity index (χ3n) is 3.76. The Labute approximate surface area is 134 Å². The van der Waals surface area contributed by atoms with Crippen molar-refractivity contribution < 1.29 is 19.4 Å². The maximum absolute atomic E-state index is 12.7. The highest BCUT2D eigenvalue weighted by Crippen LogP contribution is 2.36. The lowest BCUT2D eigenvalue weighted by Gasteiger charge is -2.34. The van der Waals surface area contributed by atoms with Crippen LogP contribution in [0.15, 0.2) is 48.5 Å². The fourth-order valence-electron chi connectivity index (χ4n) is 2.65. The van der Waals surface area contributed by atoms with Gasteiger partial charge in [-0.3, -0.25) is 9.59 Å². The van der Waals surface area contributed by atoms with E-state index in [1.54, 1.807) is 4.90 Å². The summed E-state index contributed by atoms with van der Waals surface area (Å²) in [5, 5.41) is 9.01. The molecule has 23 heavy (non-hydrogen) atoms. The number of amides is 1. The average Bonchev–Trinajstić information content (AvgIpc) is 2.52. The summed E-state index contributed by atoms with van der Waals surface area (Å²) in [7, 11) is 0. The van der Waals surface area contributed by atoms with Crippen LogP contribution in [0.2, 0.25) is 0 Å². The van der Waals surface area contributed by atoms with E-state index in [0.29, 0.717) is 18.0 Å². The largest absolute Gasteiger partial charge is 0.481 e. The van der Waals surface area contributed by atoms with E-state index in [-0.39, 0.29) is 12.3 Å². The minimum Gasteiger partial charge on any atom is -0.481 e. The number of rotatable bonds is 4. The SMILES string of the molecule is Cc1ccc2c(c1)OC(CC(=O)O)C(=O)N2Cc1ccccc1. The molecule has 1 aliphatic rings. The molecule has 2 aromatic carbocycles. The molecule has 2 aromatic rings. The van der Waals surface area contributed by atoms with Gasteiger partial charge in [-0.15, -0.1) is 0 Å². The molecule has 0 radical (unpaired) electrons. The van der Waals surface area contributed by atoms with Crippen molar-refractivity contribution in [2.45, 2.75) is 26.0 Å². The first-order valence-electron chi connectivity index (χ1n) is 7.39. The van der Waals surface area contributed by atoms with Crippen LogP contribution >= 0.6 is 0 Å². The number of aryl methyl sites for hydroxylation is 1. The first-order valence-corrected chi connectivity index (χ1v) is 7.39. The van der Waals surface area contributed by atoms with Gasteiger partial charge in [-0.25, -0.2) is 0 Å². The third-order valence-corrected chi connectivity index (χ3v) is 3.76. The van der Waals surface area contributed by atoms with Crippen molar-refractivity contribution in [2.24, 2.45) is 0 Å². The van der Waals surface area contributed by atoms with Crippen molar-refractivity contribution in [3.63, 3.8) is 0 Å². The van der Waals surface area contributed by atoms with Gasteiger partial charge in [0.15, 0.2) is 6.10 Å². The Morgan fingerprint density at radius 3 is 2.65 bits per heavy atom. The Kier molecular flexibility index (Phi) is 4.02. The van der Waals surface area contributed by atoms with E-state index in [1.807, 2.05) is 55.5 Å². The minimum absolute atomic E-state index is 0.326. The Morgan fingerprint density at radius 1 is 1.22 bits per heavy atom. The first kappa shape index (κ1) is 15.1. The number of hydrogen-bond donors (Lipinski definition) is 1. The zero-order valence-corrected chi connectivity index (χ0v) is 12.7. The lowest BCUT2D eigenvalue weighted by molar-refractivity contribution is -0.142. The second kappa shape index (κ2) is 6.12. The summed E-state index contributed by atoms with van der Waals surface area (Å²) in [5.74, 6) is -0.835. The maximum Gasteiger partial charge on any atom is 0.307 e. The maximum atomic E-state index is 12.7. The Hall–Kier alpha value is -2.82. The molecular weight excluding hydrogens is 294 g/mol. The van der Waals surface area contributed by atoms with Crippen LogP contribution in [0.1, 0.15) is 17.5 Å². The summed E-state index contributed by atoms with van der Waals surface area (Å²) in [6, 6.07) is 15.2. The second-order valence-electron chi connectivity index (χ2n) is 5.59. The predicted octanol–water partition coefficient (Wildman–Crippen LogP) is 2.76. The highest BCUT2D eigenvalue weighted by molar-refractivity contribution is 6.01. The van der Waals surface area contributed by atoms with Gasteiger partial charge >= 0.3 is 5.97 Å². The van der Waals surface area contributed by atoms with Gasteiger partial charge in [0.2, 0.25) is 0 Å². The molecule has 1 atom stereocenters. The van der Waals surface area contributed by atoms with E-state index >= 15 is 0 Å². The predicted molar refractivity (Wildman–Crippen MR) is 85.5 cm³/mol. The number of ether oxygens (including phenoxy) is 1. The van der Waals surface area contributed by atoms with Crippen LogP contribution in [0.4, 0.5) is 5.69 Å². The molecule has 3 rings (SSSR count). The van der Waals surface area contributed by atoms with Gasteiger partial charge < -0.3 is 14.7 Å². The van der Waals surface area contributed by atoms with E-state index in [1.165, 1.54) is 0 Å². The molecule has 0 saturated heterocycles. The average molecular weight is 311 g/mol. The van der Waals surface area contributed by atoms with Crippen LogP contribution in [0.25, 0.3) is 0 Å². The monoisotopic (exact) mass is 311 g/mol. The standard InChI is InChI=1S/C18H17NO4/c1-12-7-8-14-15(9-12)23-16(10-17(20)21)18(22)19(14)11-13-5-3-2-4-6-13/h2-9,16H,10-11H2,1H3,(H,20,21). The van der Waals surface area contributed by atoms with Crippen LogP contribution in [-0.2, 0) is 16.1 Å². The smallest absolute Gasteiger partial charge is 0.307 e. The Balaban J connectivity index is 1.98. The fourth-order valence-corrected chi connectivity index (χ4v) is 2.65. The van der Waals surface area contributed by atoms with Crippen molar-refractivity contribution in [1.82, 2.24) is 0 Å². The summed E-state index contributed by atoms with van der Waals surface area (Å²) in [5.41, 5.74) is 2.64. The summed E-state index contributed by atoms with van der Waals surface area (Å²) in [6.07, 6.45) is -1.34. The topological polar surface area (TPSA) is 66.8 Å². The zero-order chi connectivity index (χ0) is 16.4. The van der Waals surface area contributed by atoms with Gasteiger partial charge in [-0.2, -0.15) is 0 Å². The minimum atomic E-state index is -1.06. The van der Waals surface area contributed by atoms with E-state index in [2.05, 4.69) is 0 Å². The number of carbonyl (C=O) groups is 2. The number of benzene rings is 2. The molecule has 0 saturated carbocycles. The lowest BCUT2D eigenvalue weighted by atomic mass is 10.1. The van der Waals surface area contributed by atoms with Crippen LogP contribution in [0.5, 0.6) is 5.75 Å². The van der Waals surface area contributed by atoms with Gasteiger partial charge in [0.1, 0.15) is 5.75 Å². The highest BCUT2D eigenvalue weighted by Gasteiger charge is 2.35. The van der Waals surface area contributed by atoms with Crippen molar-refractivity contribution in [2.75, 3.05) is 4.90 Å². The Morgan fingerprint density at radius 2 is 1.96 bits per heavy atom. The number of hydrogen-bond acceptors (Lipinski definition) is 3. The van der Waals surface area contributed by atoms with Crippen LogP contribution < -0.4 is 9.64 Å². The van der Waals surface area contributed by atoms with Crippen molar-refractivity contribution in [3.8, 4) is 5.75 Å². The molecule has 1 heterocycles. The molecule has 5 nitrogen and oxygen atoms in total. The van der Waals surface area contributed by atoms with E-state index in [0.717, 1.165) is 11.1 Å². The molecule has 5 heteroatoms. The van der Waals surface area contributed by atoms with Crippen LogP contribution in [0.3, 0.4) is 0 Å². The number of carboxylic acids is 1. The molecular formula is C18H17NO4. The summed E-state index contributed by atoms with van der Waals surface area (Å²) >= 11 is 0. The molecule has 1 N–H and O–H groups in total. The van der Waals surface area contributed by atoms with Crippen LogP contribution in [0, 0.1) is 6.92 Å². The highest BCUT2D eigenvalue weighted by atomic mass is 16.5. The number of carbonyl (C=O) groups excluding carboxylic acids is 1. The summed E-state index contributed by atoms with van der Waals surface area (Å²) < 4.78 is 5.63. The molecule has 1 aliphatic heterocycles. The molecule has 1 amide bonds. The Bertz CT molecular complexity index is 742. The van der Waals surface area contributed by atoms with Crippen LogP contribution in [-0.4, -0.2) is 23.1 Å². The molecule has 118 valence electrons. The normalized spacial score (nSPS) is 16.7. The van der Waals surface area contributed by atoms with Crippen molar-refractivity contribution >= 4 is 17.6 Å². The zero-order valence-electron chi connectivity index (χ0n) is 12.7. The first-order chi connectivity index (χ1) is 11.0. The lowest BCUT2D eigenvalue weighted by Crippen LogP contribution is -2.46. The number of anilines is 1. The molecule has 0 bridgehead atoms. The summed E-state index contributed by atoms with van der Waals surface area (Å²) in [6.45, 7) is 2.31. The number of aliphatic carboxylic acids is 1. The number of nitrogens with zero attached hydrogens (tertiary/aromatic N) is 1. The molecule has 0 aromatic heterocycles. The molecule has 0 spiro atoms. The van der Waals surface area contributed by atoms with Gasteiger partial charge in [-0.05, 0) is 30.2 Å². The number of fused-ring (bicyclic) bond motifs is 1. The molecule has 0 aliphatic carbocycles. The van der Waals surface area contributed by atoms with E-state index in [4.69, 9.17) is 9.84 Å². The number of carboxylic acid groups (broad SMARTS) is 1. The van der Waals surface area contributed by atoms with Gasteiger partial charge in [0.05, 0.1) is 18.7 Å². The second-order valence-corrected chi connectivity index (χ2v) is 5.59. The summed E-state index contributed by atoms with van der Waals surface area (Å²) in [4.78, 5) is 25.3. The van der Waals surface area contributed by atoms with E-state index < -0.39 is 12.1 Å². The van der Waals surface area contributed by atoms with Gasteiger partial charge in [0.25, 0.3) is 5.91 Å². The van der Waals surface area contributed by atoms with Gasteiger partial charge in [0, 0.05) is 0 Å². The van der Waals surface area contributed by atoms with Gasteiger partial charge in [-0.1, -0.05) is 36.4 Å². The van der Waals surface area contributed by atoms with E-state index in [9.17, 15) is 9.59 Å². The molecule has 1 unspecified atom stereocenters. The third kappa shape index (κ3) is 3.18. The van der Waals surface area contributed by atoms with Crippen molar-refractivity contribution in [3.05, 3.63) is 59.7 Å². The van der Waals surface area contributed by atoms with Crippen molar-refractivity contribution in [1.29, 1.82) is 0 Å². The fraction of sp³-hybridized carbons (Fsp3) is 0.222.